The molecule has 1 atom stereocenters. The summed E-state index contributed by atoms with van der Waals surface area (Å²) < 4.78 is 0. The van der Waals surface area contributed by atoms with Crippen LogP contribution in [0, 0.1) is 11.3 Å². The van der Waals surface area contributed by atoms with E-state index in [1.165, 1.54) is 19.3 Å². The van der Waals surface area contributed by atoms with Crippen LogP contribution in [-0.2, 0) is 4.79 Å². The Balaban J connectivity index is 2.52. The lowest BCUT2D eigenvalue weighted by molar-refractivity contribution is -0.142. The van der Waals surface area contributed by atoms with Crippen LogP contribution >= 0.6 is 0 Å². The lowest BCUT2D eigenvalue weighted by atomic mass is 9.85. The molecule has 0 saturated heterocycles. The average molecular weight is 256 g/mol. The molecule has 1 aliphatic rings. The first-order valence-electron chi connectivity index (χ1n) is 6.46. The Morgan fingerprint density at radius 2 is 1.94 bits per heavy atom. The van der Waals surface area contributed by atoms with Gasteiger partial charge in [-0.1, -0.05) is 27.2 Å². The minimum absolute atomic E-state index is 0.302. The largest absolute Gasteiger partial charge is 0.480 e. The molecule has 0 radical (unpaired) electrons. The second kappa shape index (κ2) is 5.59. The van der Waals surface area contributed by atoms with E-state index in [1.54, 1.807) is 32.7 Å². The van der Waals surface area contributed by atoms with Crippen LogP contribution < -0.4 is 5.32 Å². The Labute approximate surface area is 109 Å². The van der Waals surface area contributed by atoms with Crippen LogP contribution in [0.4, 0.5) is 4.79 Å². The molecule has 1 saturated carbocycles. The normalized spacial score (nSPS) is 17.8. The average Bonchev–Trinajstić information content (AvgIpc) is 2.16. The fraction of sp³-hybridized carbons (Fsp3) is 0.846. The number of carboxylic acids is 1. The monoisotopic (exact) mass is 256 g/mol. The van der Waals surface area contributed by atoms with Crippen molar-refractivity contribution in [3.05, 3.63) is 0 Å². The summed E-state index contributed by atoms with van der Waals surface area (Å²) in [5, 5.41) is 11.7. The van der Waals surface area contributed by atoms with Crippen molar-refractivity contribution in [3.63, 3.8) is 0 Å². The fourth-order valence-corrected chi connectivity index (χ4v) is 2.03. The molecule has 104 valence electrons. The van der Waals surface area contributed by atoms with Gasteiger partial charge in [0, 0.05) is 13.6 Å². The number of carbonyl (C=O) groups excluding carboxylic acids is 1. The Hall–Kier alpha value is -1.26. The van der Waals surface area contributed by atoms with Crippen molar-refractivity contribution in [2.75, 3.05) is 13.6 Å². The maximum atomic E-state index is 11.9. The van der Waals surface area contributed by atoms with Crippen LogP contribution in [-0.4, -0.2) is 41.6 Å². The van der Waals surface area contributed by atoms with E-state index >= 15 is 0 Å². The van der Waals surface area contributed by atoms with Gasteiger partial charge in [0.15, 0.2) is 0 Å². The van der Waals surface area contributed by atoms with Gasteiger partial charge >= 0.3 is 12.0 Å². The number of rotatable bonds is 4. The summed E-state index contributed by atoms with van der Waals surface area (Å²) in [5.74, 6) is -0.411. The van der Waals surface area contributed by atoms with Crippen molar-refractivity contribution in [1.29, 1.82) is 0 Å². The van der Waals surface area contributed by atoms with E-state index in [9.17, 15) is 9.59 Å². The Bertz CT molecular complexity index is 319. The molecule has 2 N–H and O–H groups in total. The molecular formula is C13H24N2O3. The molecule has 5 nitrogen and oxygen atoms in total. The maximum Gasteiger partial charge on any atom is 0.326 e. The van der Waals surface area contributed by atoms with Crippen molar-refractivity contribution in [1.82, 2.24) is 10.2 Å². The molecule has 0 aliphatic heterocycles. The van der Waals surface area contributed by atoms with Gasteiger partial charge in [0.1, 0.15) is 6.04 Å². The predicted molar refractivity (Wildman–Crippen MR) is 69.4 cm³/mol. The third kappa shape index (κ3) is 3.89. The van der Waals surface area contributed by atoms with Gasteiger partial charge in [-0.05, 0) is 24.2 Å². The van der Waals surface area contributed by atoms with Gasteiger partial charge < -0.3 is 15.3 Å². The second-order valence-corrected chi connectivity index (χ2v) is 6.26. The smallest absolute Gasteiger partial charge is 0.326 e. The number of urea groups is 1. The van der Waals surface area contributed by atoms with Crippen molar-refractivity contribution in [2.45, 2.75) is 46.1 Å². The molecule has 0 aromatic carbocycles. The number of hydrogen-bond donors (Lipinski definition) is 2. The SMILES string of the molecule is CN(CC1CCC1)C(=O)NC(C(=O)O)C(C)(C)C. The molecule has 0 aromatic heterocycles. The van der Waals surface area contributed by atoms with Gasteiger partial charge in [0.05, 0.1) is 0 Å². The molecule has 18 heavy (non-hydrogen) atoms. The number of carboxylic acid groups (broad SMARTS) is 1. The van der Waals surface area contributed by atoms with Crippen LogP contribution in [0.2, 0.25) is 0 Å². The molecule has 1 fully saturated rings. The predicted octanol–water partition coefficient (Wildman–Crippen LogP) is 1.93. The van der Waals surface area contributed by atoms with E-state index < -0.39 is 17.4 Å². The minimum Gasteiger partial charge on any atom is -0.480 e. The van der Waals surface area contributed by atoms with Gasteiger partial charge in [-0.2, -0.15) is 0 Å². The van der Waals surface area contributed by atoms with Crippen LogP contribution in [0.25, 0.3) is 0 Å². The molecule has 1 rings (SSSR count). The maximum absolute atomic E-state index is 11.9. The van der Waals surface area contributed by atoms with Gasteiger partial charge in [0.2, 0.25) is 0 Å². The quantitative estimate of drug-likeness (QED) is 0.807. The molecule has 1 aliphatic carbocycles. The van der Waals surface area contributed by atoms with Crippen molar-refractivity contribution < 1.29 is 14.7 Å². The molecule has 0 heterocycles. The molecular weight excluding hydrogens is 232 g/mol. The fourth-order valence-electron chi connectivity index (χ4n) is 2.03. The first-order valence-corrected chi connectivity index (χ1v) is 6.46. The van der Waals surface area contributed by atoms with E-state index in [1.807, 2.05) is 0 Å². The highest BCUT2D eigenvalue weighted by atomic mass is 16.4. The van der Waals surface area contributed by atoms with Crippen LogP contribution in [0.1, 0.15) is 40.0 Å². The van der Waals surface area contributed by atoms with E-state index in [-0.39, 0.29) is 6.03 Å². The third-order valence-electron chi connectivity index (χ3n) is 3.48. The standard InChI is InChI=1S/C13H24N2O3/c1-13(2,3)10(11(16)17)14-12(18)15(4)8-9-6-5-7-9/h9-10H,5-8H2,1-4H3,(H,14,18)(H,16,17). The summed E-state index contributed by atoms with van der Waals surface area (Å²) in [4.78, 5) is 24.7. The zero-order valence-electron chi connectivity index (χ0n) is 11.7. The van der Waals surface area contributed by atoms with E-state index in [2.05, 4.69) is 5.32 Å². The number of carbonyl (C=O) groups is 2. The molecule has 0 spiro atoms. The third-order valence-corrected chi connectivity index (χ3v) is 3.48. The Morgan fingerprint density at radius 1 is 1.39 bits per heavy atom. The Morgan fingerprint density at radius 3 is 2.28 bits per heavy atom. The molecule has 2 amide bonds. The van der Waals surface area contributed by atoms with E-state index in [0.29, 0.717) is 12.5 Å². The molecule has 5 heteroatoms. The van der Waals surface area contributed by atoms with Crippen LogP contribution in [0.3, 0.4) is 0 Å². The van der Waals surface area contributed by atoms with Crippen molar-refractivity contribution in [2.24, 2.45) is 11.3 Å². The lowest BCUT2D eigenvalue weighted by Gasteiger charge is -2.33. The summed E-state index contributed by atoms with van der Waals surface area (Å²) in [6, 6.07) is -1.17. The second-order valence-electron chi connectivity index (χ2n) is 6.26. The number of aliphatic carboxylic acids is 1. The summed E-state index contributed by atoms with van der Waals surface area (Å²) in [7, 11) is 1.72. The number of nitrogens with one attached hydrogen (secondary N) is 1. The summed E-state index contributed by atoms with van der Waals surface area (Å²) >= 11 is 0. The van der Waals surface area contributed by atoms with Crippen LogP contribution in [0.15, 0.2) is 0 Å². The highest BCUT2D eigenvalue weighted by molar-refractivity contribution is 5.83. The van der Waals surface area contributed by atoms with Crippen molar-refractivity contribution >= 4 is 12.0 Å². The highest BCUT2D eigenvalue weighted by Gasteiger charge is 2.33. The lowest BCUT2D eigenvalue weighted by Crippen LogP contribution is -2.53. The highest BCUT2D eigenvalue weighted by Crippen LogP contribution is 2.27. The number of amides is 2. The minimum atomic E-state index is -0.993. The van der Waals surface area contributed by atoms with Gasteiger partial charge in [-0.15, -0.1) is 0 Å². The number of nitrogens with zero attached hydrogens (tertiary/aromatic N) is 1. The first kappa shape index (κ1) is 14.8. The van der Waals surface area contributed by atoms with Gasteiger partial charge in [-0.3, -0.25) is 0 Å². The van der Waals surface area contributed by atoms with Gasteiger partial charge in [-0.25, -0.2) is 9.59 Å². The molecule has 1 unspecified atom stereocenters. The van der Waals surface area contributed by atoms with Crippen LogP contribution in [0.5, 0.6) is 0 Å². The molecule has 0 aromatic rings. The molecule has 0 bridgehead atoms. The summed E-state index contributed by atoms with van der Waals surface area (Å²) in [6.45, 7) is 6.12. The van der Waals surface area contributed by atoms with Gasteiger partial charge in [0.25, 0.3) is 0 Å². The van der Waals surface area contributed by atoms with Crippen molar-refractivity contribution in [3.8, 4) is 0 Å². The zero-order valence-corrected chi connectivity index (χ0v) is 11.7. The zero-order chi connectivity index (χ0) is 13.9. The number of hydrogen-bond acceptors (Lipinski definition) is 2. The summed E-state index contributed by atoms with van der Waals surface area (Å²) in [5.41, 5.74) is -0.501. The van der Waals surface area contributed by atoms with E-state index in [4.69, 9.17) is 5.11 Å². The summed E-state index contributed by atoms with van der Waals surface area (Å²) in [6.07, 6.45) is 3.57. The first-order chi connectivity index (χ1) is 8.21. The van der Waals surface area contributed by atoms with E-state index in [0.717, 1.165) is 0 Å². The Kier molecular flexibility index (Phi) is 4.59. The topological polar surface area (TPSA) is 69.6 Å².